The van der Waals surface area contributed by atoms with Crippen LogP contribution in [0.3, 0.4) is 0 Å². The Kier molecular flexibility index (Phi) is 7.23. The van der Waals surface area contributed by atoms with Gasteiger partial charge in [-0.3, -0.25) is 4.79 Å². The molecule has 33 heavy (non-hydrogen) atoms. The van der Waals surface area contributed by atoms with Crippen molar-refractivity contribution in [3.63, 3.8) is 0 Å². The van der Waals surface area contributed by atoms with E-state index >= 15 is 0 Å². The molecular formula is C27H20FNO3S. The third-order valence-corrected chi connectivity index (χ3v) is 5.97. The second-order valence-electron chi connectivity index (χ2n) is 7.28. The Morgan fingerprint density at radius 3 is 2.33 bits per heavy atom. The van der Waals surface area contributed by atoms with Crippen LogP contribution in [0.4, 0.5) is 4.39 Å². The number of hydrogen-bond donors (Lipinski definition) is 0. The van der Waals surface area contributed by atoms with Crippen LogP contribution in [0.2, 0.25) is 0 Å². The number of hydrogen-bond acceptors (Lipinski definition) is 5. The smallest absolute Gasteiger partial charge is 0.316 e. The number of halogens is 1. The molecule has 1 aliphatic rings. The third kappa shape index (κ3) is 5.71. The fourth-order valence-corrected chi connectivity index (χ4v) is 4.18. The average molecular weight is 458 g/mol. The molecule has 1 unspecified atom stereocenters. The Labute approximate surface area is 196 Å². The maximum absolute atomic E-state index is 13.5. The highest BCUT2D eigenvalue weighted by molar-refractivity contribution is 8.03. The first kappa shape index (κ1) is 22.4. The number of nitriles is 1. The number of rotatable bonds is 7. The molecular weight excluding hydrogens is 437 g/mol. The van der Waals surface area contributed by atoms with Gasteiger partial charge in [-0.15, -0.1) is 0 Å². The molecule has 0 aromatic heterocycles. The van der Waals surface area contributed by atoms with E-state index in [4.69, 9.17) is 9.47 Å². The molecule has 0 aliphatic carbocycles. The van der Waals surface area contributed by atoms with Crippen LogP contribution in [0.5, 0.6) is 0 Å². The fraction of sp³-hybridized carbons (Fsp3) is 0.111. The molecule has 0 saturated heterocycles. The quantitative estimate of drug-likeness (QED) is 0.396. The Bertz CT molecular complexity index is 1220. The zero-order valence-electron chi connectivity index (χ0n) is 17.6. The summed E-state index contributed by atoms with van der Waals surface area (Å²) in [6.07, 6.45) is 1.85. The van der Waals surface area contributed by atoms with Gasteiger partial charge in [0.25, 0.3) is 0 Å². The van der Waals surface area contributed by atoms with E-state index in [1.165, 1.54) is 12.1 Å². The number of benzene rings is 3. The van der Waals surface area contributed by atoms with E-state index in [2.05, 4.69) is 6.07 Å². The lowest BCUT2D eigenvalue weighted by molar-refractivity contribution is -0.141. The van der Waals surface area contributed by atoms with E-state index in [9.17, 15) is 14.4 Å². The van der Waals surface area contributed by atoms with E-state index in [0.717, 1.165) is 28.5 Å². The summed E-state index contributed by atoms with van der Waals surface area (Å²) in [5.74, 6) is -0.625. The molecule has 0 spiro atoms. The first-order valence-corrected chi connectivity index (χ1v) is 11.3. The lowest BCUT2D eigenvalue weighted by atomic mass is 9.89. The van der Waals surface area contributed by atoms with Crippen LogP contribution >= 0.6 is 11.8 Å². The van der Waals surface area contributed by atoms with Crippen LogP contribution in [-0.4, -0.2) is 11.7 Å². The van der Waals surface area contributed by atoms with E-state index in [0.29, 0.717) is 16.4 Å². The summed E-state index contributed by atoms with van der Waals surface area (Å²) in [4.78, 5) is 12.3. The number of allylic oxidation sites excluding steroid dienone is 2. The van der Waals surface area contributed by atoms with E-state index in [1.807, 2.05) is 66.7 Å². The molecule has 1 heterocycles. The molecule has 6 heteroatoms. The molecule has 0 bridgehead atoms. The van der Waals surface area contributed by atoms with Gasteiger partial charge in [0.2, 0.25) is 0 Å². The number of ether oxygens (including phenoxy) is 2. The SMILES string of the molecule is N#CC1=C(SCC(=O)OCc2ccccc2)OC(c2ccccc2)=CC1c1ccc(F)cc1. The summed E-state index contributed by atoms with van der Waals surface area (Å²) >= 11 is 1.12. The van der Waals surface area contributed by atoms with E-state index in [-0.39, 0.29) is 18.2 Å². The summed E-state index contributed by atoms with van der Waals surface area (Å²) in [6, 6.07) is 27.2. The number of nitrogens with zero attached hydrogens (tertiary/aromatic N) is 1. The Balaban J connectivity index is 1.55. The highest BCUT2D eigenvalue weighted by Crippen LogP contribution is 2.41. The minimum absolute atomic E-state index is 0.00838. The molecule has 164 valence electrons. The minimum atomic E-state index is -0.428. The van der Waals surface area contributed by atoms with Crippen molar-refractivity contribution >= 4 is 23.5 Å². The first-order chi connectivity index (χ1) is 16.1. The van der Waals surface area contributed by atoms with Crippen LogP contribution < -0.4 is 0 Å². The number of thioether (sulfide) groups is 1. The van der Waals surface area contributed by atoms with Crippen LogP contribution in [0.1, 0.15) is 22.6 Å². The third-order valence-electron chi connectivity index (χ3n) is 5.02. The fourth-order valence-electron chi connectivity index (χ4n) is 3.37. The van der Waals surface area contributed by atoms with Gasteiger partial charge in [-0.25, -0.2) is 4.39 Å². The van der Waals surface area contributed by atoms with Gasteiger partial charge in [0.15, 0.2) is 5.09 Å². The predicted molar refractivity (Wildman–Crippen MR) is 126 cm³/mol. The second-order valence-corrected chi connectivity index (χ2v) is 8.22. The summed E-state index contributed by atoms with van der Waals surface area (Å²) < 4.78 is 24.9. The van der Waals surface area contributed by atoms with Crippen molar-refractivity contribution in [2.24, 2.45) is 0 Å². The Morgan fingerprint density at radius 1 is 1.00 bits per heavy atom. The van der Waals surface area contributed by atoms with Crippen molar-refractivity contribution in [3.8, 4) is 6.07 Å². The summed E-state index contributed by atoms with van der Waals surface area (Å²) in [6.45, 7) is 0.179. The zero-order valence-corrected chi connectivity index (χ0v) is 18.4. The van der Waals surface area contributed by atoms with Crippen molar-refractivity contribution in [2.75, 3.05) is 5.75 Å². The first-order valence-electron chi connectivity index (χ1n) is 10.3. The molecule has 0 saturated carbocycles. The Morgan fingerprint density at radius 2 is 1.67 bits per heavy atom. The van der Waals surface area contributed by atoms with Gasteiger partial charge in [-0.05, 0) is 29.3 Å². The summed E-state index contributed by atoms with van der Waals surface area (Å²) in [5, 5.41) is 10.2. The minimum Gasteiger partial charge on any atom is -0.460 e. The van der Waals surface area contributed by atoms with Gasteiger partial charge in [0.05, 0.1) is 11.3 Å². The second kappa shape index (κ2) is 10.7. The van der Waals surface area contributed by atoms with Crippen LogP contribution in [0.15, 0.2) is 102 Å². The highest BCUT2D eigenvalue weighted by atomic mass is 32.2. The normalized spacial score (nSPS) is 15.3. The molecule has 1 atom stereocenters. The van der Waals surface area contributed by atoms with Crippen LogP contribution in [0.25, 0.3) is 5.76 Å². The molecule has 0 N–H and O–H groups in total. The lowest BCUT2D eigenvalue weighted by Gasteiger charge is -2.24. The summed E-state index contributed by atoms with van der Waals surface area (Å²) in [5.41, 5.74) is 2.86. The largest absolute Gasteiger partial charge is 0.460 e. The van der Waals surface area contributed by atoms with Crippen LogP contribution in [-0.2, 0) is 20.9 Å². The topological polar surface area (TPSA) is 59.3 Å². The highest BCUT2D eigenvalue weighted by Gasteiger charge is 2.28. The molecule has 3 aromatic carbocycles. The Hall–Kier alpha value is -3.82. The van der Waals surface area contributed by atoms with Gasteiger partial charge >= 0.3 is 5.97 Å². The zero-order chi connectivity index (χ0) is 23.0. The number of esters is 1. The summed E-state index contributed by atoms with van der Waals surface area (Å²) in [7, 11) is 0. The van der Waals surface area contributed by atoms with Crippen molar-refractivity contribution < 1.29 is 18.7 Å². The molecule has 1 aliphatic heterocycles. The predicted octanol–water partition coefficient (Wildman–Crippen LogP) is 6.19. The molecule has 4 nitrogen and oxygen atoms in total. The van der Waals surface area contributed by atoms with Crippen LogP contribution in [0, 0.1) is 17.1 Å². The average Bonchev–Trinajstić information content (AvgIpc) is 2.87. The van der Waals surface area contributed by atoms with Crippen molar-refractivity contribution in [3.05, 3.63) is 124 Å². The van der Waals surface area contributed by atoms with Gasteiger partial charge in [0, 0.05) is 11.5 Å². The van der Waals surface area contributed by atoms with E-state index in [1.54, 1.807) is 12.1 Å². The number of carbonyl (C=O) groups is 1. The standard InChI is InChI=1S/C27H20FNO3S/c28-22-13-11-20(12-14-22)23-15-25(21-9-5-2-6-10-21)32-27(24(23)16-29)33-18-26(30)31-17-19-7-3-1-4-8-19/h1-15,23H,17-18H2. The van der Waals surface area contributed by atoms with Crippen molar-refractivity contribution in [2.45, 2.75) is 12.5 Å². The van der Waals surface area contributed by atoms with Crippen molar-refractivity contribution in [1.29, 1.82) is 5.26 Å². The maximum atomic E-state index is 13.5. The molecule has 0 fully saturated rings. The molecule has 4 rings (SSSR count). The monoisotopic (exact) mass is 457 g/mol. The number of carbonyl (C=O) groups excluding carboxylic acids is 1. The van der Waals surface area contributed by atoms with Gasteiger partial charge < -0.3 is 9.47 Å². The van der Waals surface area contributed by atoms with Gasteiger partial charge in [-0.1, -0.05) is 84.6 Å². The molecule has 3 aromatic rings. The molecule has 0 radical (unpaired) electrons. The maximum Gasteiger partial charge on any atom is 0.316 e. The lowest BCUT2D eigenvalue weighted by Crippen LogP contribution is -2.12. The van der Waals surface area contributed by atoms with Gasteiger partial charge in [0.1, 0.15) is 24.3 Å². The molecule has 0 amide bonds. The van der Waals surface area contributed by atoms with E-state index < -0.39 is 11.9 Å². The van der Waals surface area contributed by atoms with Gasteiger partial charge in [-0.2, -0.15) is 5.26 Å². The van der Waals surface area contributed by atoms with Crippen molar-refractivity contribution in [1.82, 2.24) is 0 Å².